The van der Waals surface area contributed by atoms with E-state index in [1.165, 1.54) is 0 Å². The first-order valence-electron chi connectivity index (χ1n) is 3.59. The molecular weight excluding hydrogens is 379 g/mol. The second-order valence-corrected chi connectivity index (χ2v) is 8.92. The fraction of sp³-hybridized carbons (Fsp3) is 0. The molecule has 1 aromatic rings. The normalized spacial score (nSPS) is 17.4. The van der Waals surface area contributed by atoms with E-state index in [1.54, 1.807) is 0 Å². The minimum Gasteiger partial charge on any atom is -0.207 e. The maximum atomic E-state index is 12.4. The first-order chi connectivity index (χ1) is 7.09. The number of hydrogen-bond acceptors (Lipinski definition) is 2. The summed E-state index contributed by atoms with van der Waals surface area (Å²) in [7, 11) is -9.67. The van der Waals surface area contributed by atoms with Crippen LogP contribution in [-0.2, 0) is 9.05 Å². The second kappa shape index (κ2) is 3.28. The van der Waals surface area contributed by atoms with E-state index in [0.29, 0.717) is 6.07 Å². The van der Waals surface area contributed by atoms with Crippen molar-refractivity contribution in [2.45, 2.75) is 9.79 Å². The van der Waals surface area contributed by atoms with Crippen molar-refractivity contribution in [2.24, 2.45) is 0 Å². The van der Waals surface area contributed by atoms with Crippen LogP contribution in [0.25, 0.3) is 0 Å². The summed E-state index contributed by atoms with van der Waals surface area (Å²) in [5, 5.41) is 0. The Balaban J connectivity index is 3.68. The van der Waals surface area contributed by atoms with E-state index < -0.39 is 33.5 Å². The van der Waals surface area contributed by atoms with Crippen LogP contribution in [0.15, 0.2) is 32.5 Å². The van der Waals surface area contributed by atoms with Crippen molar-refractivity contribution < 1.29 is 27.8 Å². The molecule has 0 spiro atoms. The van der Waals surface area contributed by atoms with Gasteiger partial charge in [0.25, 0.3) is 9.05 Å². The third kappa shape index (κ3) is 3.97. The fourth-order valence-electron chi connectivity index (χ4n) is 0.901. The van der Waals surface area contributed by atoms with Gasteiger partial charge < -0.3 is 0 Å². The molecule has 0 saturated carbocycles. The predicted molar refractivity (Wildman–Crippen MR) is 58.6 cm³/mol. The van der Waals surface area contributed by atoms with Crippen LogP contribution in [0, 0.1) is 0 Å². The zero-order valence-electron chi connectivity index (χ0n) is 7.51. The summed E-state index contributed by atoms with van der Waals surface area (Å²) in [6.45, 7) is 0. The third-order valence-corrected chi connectivity index (χ3v) is 4.49. The molecule has 0 aliphatic heterocycles. The second-order valence-electron chi connectivity index (χ2n) is 3.03. The van der Waals surface area contributed by atoms with E-state index >= 15 is 0 Å². The Morgan fingerprint density at radius 1 is 1.06 bits per heavy atom. The largest absolute Gasteiger partial charge is 0.310 e. The van der Waals surface area contributed by atoms with Crippen molar-refractivity contribution in [3.05, 3.63) is 22.7 Å². The van der Waals surface area contributed by atoms with E-state index in [4.69, 9.17) is 10.7 Å². The first kappa shape index (κ1) is 15.0. The van der Waals surface area contributed by atoms with Gasteiger partial charge in [-0.05, 0) is 18.2 Å². The molecular formula is C6H3BrClF5O2S2. The van der Waals surface area contributed by atoms with Gasteiger partial charge >= 0.3 is 10.2 Å². The molecule has 0 unspecified atom stereocenters. The average Bonchev–Trinajstić information content (AvgIpc) is 1.96. The van der Waals surface area contributed by atoms with Gasteiger partial charge in [0.2, 0.25) is 0 Å². The van der Waals surface area contributed by atoms with Crippen molar-refractivity contribution in [3.63, 3.8) is 0 Å². The van der Waals surface area contributed by atoms with Gasteiger partial charge in [-0.3, -0.25) is 0 Å². The van der Waals surface area contributed by atoms with Crippen molar-refractivity contribution in [3.8, 4) is 0 Å². The fourth-order valence-corrected chi connectivity index (χ4v) is 3.27. The molecule has 2 nitrogen and oxygen atoms in total. The molecule has 100 valence electrons. The summed E-state index contributed by atoms with van der Waals surface area (Å²) in [5.41, 5.74) is 0. The van der Waals surface area contributed by atoms with Crippen molar-refractivity contribution >= 4 is 45.9 Å². The topological polar surface area (TPSA) is 34.1 Å². The molecule has 0 saturated heterocycles. The Bertz CT molecular complexity index is 582. The summed E-state index contributed by atoms with van der Waals surface area (Å²) in [6.07, 6.45) is 0. The molecule has 0 radical (unpaired) electrons. The number of hydrogen-bond donors (Lipinski definition) is 0. The van der Waals surface area contributed by atoms with Crippen LogP contribution in [0.2, 0.25) is 0 Å². The summed E-state index contributed by atoms with van der Waals surface area (Å²) in [6, 6.07) is 0.580. The van der Waals surface area contributed by atoms with Crippen molar-refractivity contribution in [1.29, 1.82) is 0 Å². The standard InChI is InChI=1S/C6H3BrClF5O2S2/c7-4-1-5(16(8,14)15)3-6(2-4)17(9,10,11,12)13/h1-3H. The third-order valence-electron chi connectivity index (χ3n) is 1.57. The number of benzene rings is 1. The highest BCUT2D eigenvalue weighted by molar-refractivity contribution is 9.10. The van der Waals surface area contributed by atoms with Crippen LogP contribution >= 0.6 is 36.8 Å². The quantitative estimate of drug-likeness (QED) is 0.532. The molecule has 0 aliphatic carbocycles. The maximum Gasteiger partial charge on any atom is 0.310 e. The van der Waals surface area contributed by atoms with Gasteiger partial charge in [0.1, 0.15) is 4.90 Å². The zero-order valence-corrected chi connectivity index (χ0v) is 11.5. The minimum absolute atomic E-state index is 0.0904. The maximum absolute atomic E-state index is 12.4. The lowest BCUT2D eigenvalue weighted by atomic mass is 10.4. The van der Waals surface area contributed by atoms with Crippen LogP contribution < -0.4 is 0 Å². The SMILES string of the molecule is O=S(=O)(Cl)c1cc(Br)cc(S(F)(F)(F)(F)F)c1. The molecule has 11 heteroatoms. The molecule has 0 bridgehead atoms. The Kier molecular flexibility index (Phi) is 2.89. The Morgan fingerprint density at radius 3 is 1.88 bits per heavy atom. The Morgan fingerprint density at radius 2 is 1.53 bits per heavy atom. The van der Waals surface area contributed by atoms with Crippen LogP contribution in [0.1, 0.15) is 0 Å². The molecule has 0 fully saturated rings. The zero-order chi connectivity index (χ0) is 13.8. The smallest absolute Gasteiger partial charge is 0.207 e. The molecule has 0 amide bonds. The lowest BCUT2D eigenvalue weighted by Crippen LogP contribution is -2.07. The van der Waals surface area contributed by atoms with E-state index in [1.807, 2.05) is 0 Å². The van der Waals surface area contributed by atoms with Crippen LogP contribution in [0.4, 0.5) is 19.4 Å². The molecule has 0 aliphatic rings. The molecule has 1 rings (SSSR count). The highest BCUT2D eigenvalue weighted by Gasteiger charge is 2.65. The molecule has 0 atom stereocenters. The number of halogens is 7. The number of rotatable bonds is 2. The van der Waals surface area contributed by atoms with Gasteiger partial charge in [-0.15, -0.1) is 0 Å². The lowest BCUT2D eigenvalue weighted by Gasteiger charge is -2.40. The van der Waals surface area contributed by atoms with E-state index in [2.05, 4.69) is 15.9 Å². The summed E-state index contributed by atoms with van der Waals surface area (Å²) >= 11 is 2.51. The molecule has 0 heterocycles. The van der Waals surface area contributed by atoms with E-state index in [0.717, 1.165) is 0 Å². The highest BCUT2D eigenvalue weighted by Crippen LogP contribution is 3.02. The summed E-state index contributed by atoms with van der Waals surface area (Å²) in [5.74, 6) is 0. The lowest BCUT2D eigenvalue weighted by molar-refractivity contribution is 0.363. The van der Waals surface area contributed by atoms with Gasteiger partial charge in [0.05, 0.1) is 4.90 Å². The van der Waals surface area contributed by atoms with Gasteiger partial charge in [0.15, 0.2) is 0 Å². The average molecular weight is 382 g/mol. The minimum atomic E-state index is -9.93. The Labute approximate surface area is 106 Å². The van der Waals surface area contributed by atoms with Crippen LogP contribution in [-0.4, -0.2) is 8.42 Å². The molecule has 0 N–H and O–H groups in total. The van der Waals surface area contributed by atoms with Gasteiger partial charge in [-0.2, -0.15) is 0 Å². The van der Waals surface area contributed by atoms with E-state index in [-0.39, 0.29) is 12.1 Å². The van der Waals surface area contributed by atoms with Gasteiger partial charge in [-0.25, -0.2) is 8.42 Å². The molecule has 0 aromatic heterocycles. The first-order valence-corrected chi connectivity index (χ1v) is 8.64. The van der Waals surface area contributed by atoms with Gasteiger partial charge in [0, 0.05) is 15.2 Å². The van der Waals surface area contributed by atoms with Crippen LogP contribution in [0.3, 0.4) is 0 Å². The van der Waals surface area contributed by atoms with Crippen molar-refractivity contribution in [1.82, 2.24) is 0 Å². The molecule has 17 heavy (non-hydrogen) atoms. The van der Waals surface area contributed by atoms with Crippen LogP contribution in [0.5, 0.6) is 0 Å². The highest BCUT2D eigenvalue weighted by atomic mass is 79.9. The Hall–Kier alpha value is -0.0600. The summed E-state index contributed by atoms with van der Waals surface area (Å²) in [4.78, 5) is -3.38. The van der Waals surface area contributed by atoms with Gasteiger partial charge in [-0.1, -0.05) is 35.4 Å². The van der Waals surface area contributed by atoms with Crippen molar-refractivity contribution in [2.75, 3.05) is 0 Å². The monoisotopic (exact) mass is 380 g/mol. The van der Waals surface area contributed by atoms with E-state index in [9.17, 15) is 27.8 Å². The molecule has 1 aromatic carbocycles. The summed E-state index contributed by atoms with van der Waals surface area (Å²) < 4.78 is 83.4. The predicted octanol–water partition coefficient (Wildman–Crippen LogP) is 5.03.